The van der Waals surface area contributed by atoms with Crippen molar-refractivity contribution in [3.8, 4) is 0 Å². The third kappa shape index (κ3) is 3.25. The summed E-state index contributed by atoms with van der Waals surface area (Å²) in [5, 5.41) is 2.47. The number of hydrogen-bond donors (Lipinski definition) is 2. The van der Waals surface area contributed by atoms with E-state index in [0.29, 0.717) is 0 Å². The van der Waals surface area contributed by atoms with Crippen molar-refractivity contribution < 1.29 is 11.1 Å². The topological polar surface area (TPSA) is 44.2 Å². The van der Waals surface area contributed by atoms with Gasteiger partial charge in [-0.15, -0.1) is 0 Å². The summed E-state index contributed by atoms with van der Waals surface area (Å²) in [6, 6.07) is 32.5. The van der Waals surface area contributed by atoms with Crippen molar-refractivity contribution in [3.63, 3.8) is 0 Å². The lowest BCUT2D eigenvalue weighted by atomic mass is 9.77. The van der Waals surface area contributed by atoms with Gasteiger partial charge in [0, 0.05) is 23.1 Å². The van der Waals surface area contributed by atoms with E-state index in [-0.39, 0.29) is 5.54 Å². The molecule has 0 bridgehead atoms. The van der Waals surface area contributed by atoms with Crippen molar-refractivity contribution in [2.24, 2.45) is 0 Å². The molecule has 0 radical (unpaired) electrons. The Balaban J connectivity index is 2.20. The van der Waals surface area contributed by atoms with Crippen LogP contribution in [0.15, 0.2) is 91.0 Å². The molecule has 0 heterocycles. The maximum absolute atomic E-state index is 4.00. The van der Waals surface area contributed by atoms with Gasteiger partial charge in [0.15, 0.2) is 5.54 Å². The quantitative estimate of drug-likeness (QED) is 0.495. The van der Waals surface area contributed by atoms with Crippen molar-refractivity contribution in [1.29, 1.82) is 0 Å². The molecule has 24 heavy (non-hydrogen) atoms. The molecular weight excluding hydrogens is 292 g/mol. The number of rotatable bonds is 7. The second-order valence-corrected chi connectivity index (χ2v) is 6.11. The smallest absolute Gasteiger partial charge is 0.173 e. The summed E-state index contributed by atoms with van der Waals surface area (Å²) < 4.78 is 0. The van der Waals surface area contributed by atoms with Gasteiger partial charge in [-0.3, -0.25) is 0 Å². The fraction of sp³-hybridized carbons (Fsp3) is 0.182. The minimum atomic E-state index is -0.223. The molecular formula is C22H26N2+2. The zero-order valence-corrected chi connectivity index (χ0v) is 14.1. The van der Waals surface area contributed by atoms with Gasteiger partial charge in [0.25, 0.3) is 0 Å². The predicted molar refractivity (Wildman–Crippen MR) is 98.4 cm³/mol. The third-order valence-corrected chi connectivity index (χ3v) is 4.59. The first kappa shape index (κ1) is 16.4. The molecule has 0 saturated heterocycles. The predicted octanol–water partition coefficient (Wildman–Crippen LogP) is 2.17. The minimum Gasteiger partial charge on any atom is -0.357 e. The van der Waals surface area contributed by atoms with Gasteiger partial charge in [-0.2, -0.15) is 0 Å². The highest BCUT2D eigenvalue weighted by Gasteiger charge is 2.39. The van der Waals surface area contributed by atoms with E-state index in [1.807, 2.05) is 0 Å². The molecule has 0 atom stereocenters. The summed E-state index contributed by atoms with van der Waals surface area (Å²) in [5.74, 6) is 0. The summed E-state index contributed by atoms with van der Waals surface area (Å²) in [6.45, 7) is 2.01. The molecule has 3 aromatic carbocycles. The number of hydrogen-bond acceptors (Lipinski definition) is 0. The molecule has 2 heteroatoms. The van der Waals surface area contributed by atoms with E-state index in [0.717, 1.165) is 19.5 Å². The lowest BCUT2D eigenvalue weighted by Gasteiger charge is -2.33. The second kappa shape index (κ2) is 7.91. The lowest BCUT2D eigenvalue weighted by molar-refractivity contribution is -0.718. The maximum atomic E-state index is 4.00. The van der Waals surface area contributed by atoms with Crippen molar-refractivity contribution in [2.75, 3.05) is 13.1 Å². The summed E-state index contributed by atoms with van der Waals surface area (Å²) in [7, 11) is 0. The Hall–Kier alpha value is -2.42. The Morgan fingerprint density at radius 2 is 1.00 bits per heavy atom. The maximum Gasteiger partial charge on any atom is 0.173 e. The molecule has 0 aliphatic rings. The van der Waals surface area contributed by atoms with Crippen molar-refractivity contribution in [1.82, 2.24) is 0 Å². The monoisotopic (exact) mass is 318 g/mol. The first-order valence-electron chi connectivity index (χ1n) is 8.68. The van der Waals surface area contributed by atoms with Crippen LogP contribution in [0.25, 0.3) is 0 Å². The Kier molecular flexibility index (Phi) is 5.42. The summed E-state index contributed by atoms with van der Waals surface area (Å²) in [6.07, 6.45) is 1.11. The third-order valence-electron chi connectivity index (χ3n) is 4.59. The van der Waals surface area contributed by atoms with Gasteiger partial charge in [-0.1, -0.05) is 91.0 Å². The van der Waals surface area contributed by atoms with Crippen LogP contribution in [0.2, 0.25) is 0 Å². The van der Waals surface area contributed by atoms with Crippen LogP contribution in [-0.4, -0.2) is 13.1 Å². The van der Waals surface area contributed by atoms with Crippen LogP contribution in [0.1, 0.15) is 23.1 Å². The Bertz CT molecular complexity index is 627. The van der Waals surface area contributed by atoms with Crippen LogP contribution >= 0.6 is 0 Å². The van der Waals surface area contributed by atoms with Gasteiger partial charge in [0.1, 0.15) is 0 Å². The average molecular weight is 318 g/mol. The van der Waals surface area contributed by atoms with E-state index in [4.69, 9.17) is 0 Å². The van der Waals surface area contributed by atoms with Crippen molar-refractivity contribution in [2.45, 2.75) is 12.0 Å². The molecule has 0 spiro atoms. The zero-order chi connectivity index (χ0) is 16.7. The first-order chi connectivity index (χ1) is 11.9. The SMILES string of the molecule is [NH3+]CCC[NH2+]C(c1ccccc1)(c1ccccc1)c1ccccc1. The van der Waals surface area contributed by atoms with Crippen LogP contribution in [0.4, 0.5) is 0 Å². The molecule has 5 N–H and O–H groups in total. The van der Waals surface area contributed by atoms with Crippen LogP contribution in [0, 0.1) is 0 Å². The van der Waals surface area contributed by atoms with Crippen LogP contribution in [0.5, 0.6) is 0 Å². The molecule has 0 saturated carbocycles. The standard InChI is InChI=1S/C22H24N2/c23-17-10-18-24-22(19-11-4-1-5-12-19,20-13-6-2-7-14-20)21-15-8-3-9-16-21/h1-9,11-16,24H,10,17-18,23H2/p+2. The summed E-state index contributed by atoms with van der Waals surface area (Å²) in [5.41, 5.74) is 7.71. The van der Waals surface area contributed by atoms with Gasteiger partial charge in [-0.05, 0) is 0 Å². The molecule has 3 aromatic rings. The molecule has 0 aliphatic carbocycles. The van der Waals surface area contributed by atoms with Crippen LogP contribution < -0.4 is 11.1 Å². The highest BCUT2D eigenvalue weighted by molar-refractivity contribution is 5.46. The lowest BCUT2D eigenvalue weighted by Crippen LogP contribution is -2.96. The molecule has 0 unspecified atom stereocenters. The van der Waals surface area contributed by atoms with Gasteiger partial charge >= 0.3 is 0 Å². The molecule has 122 valence electrons. The number of quaternary nitrogens is 2. The second-order valence-electron chi connectivity index (χ2n) is 6.11. The fourth-order valence-corrected chi connectivity index (χ4v) is 3.42. The van der Waals surface area contributed by atoms with E-state index in [9.17, 15) is 0 Å². The minimum absolute atomic E-state index is 0.223. The Morgan fingerprint density at radius 3 is 1.33 bits per heavy atom. The van der Waals surface area contributed by atoms with Crippen LogP contribution in [-0.2, 0) is 5.54 Å². The van der Waals surface area contributed by atoms with Gasteiger partial charge in [0.2, 0.25) is 0 Å². The fourth-order valence-electron chi connectivity index (χ4n) is 3.42. The van der Waals surface area contributed by atoms with E-state index in [2.05, 4.69) is 102 Å². The Labute approximate surface area is 144 Å². The normalized spacial score (nSPS) is 11.4. The van der Waals surface area contributed by atoms with Crippen molar-refractivity contribution >= 4 is 0 Å². The van der Waals surface area contributed by atoms with Gasteiger partial charge in [0.05, 0.1) is 13.1 Å². The van der Waals surface area contributed by atoms with E-state index in [1.54, 1.807) is 0 Å². The Morgan fingerprint density at radius 1 is 0.625 bits per heavy atom. The molecule has 0 aliphatic heterocycles. The van der Waals surface area contributed by atoms with E-state index < -0.39 is 0 Å². The highest BCUT2D eigenvalue weighted by Crippen LogP contribution is 2.32. The van der Waals surface area contributed by atoms with Gasteiger partial charge in [-0.25, -0.2) is 0 Å². The zero-order valence-electron chi connectivity index (χ0n) is 14.1. The summed E-state index contributed by atoms with van der Waals surface area (Å²) >= 11 is 0. The molecule has 2 nitrogen and oxygen atoms in total. The number of benzene rings is 3. The van der Waals surface area contributed by atoms with Gasteiger partial charge < -0.3 is 11.1 Å². The molecule has 3 rings (SSSR count). The first-order valence-corrected chi connectivity index (χ1v) is 8.68. The number of nitrogens with two attached hydrogens (primary N) is 1. The van der Waals surface area contributed by atoms with E-state index in [1.165, 1.54) is 16.7 Å². The van der Waals surface area contributed by atoms with E-state index >= 15 is 0 Å². The average Bonchev–Trinajstić information content (AvgIpc) is 2.68. The highest BCUT2D eigenvalue weighted by atomic mass is 15.0. The largest absolute Gasteiger partial charge is 0.357 e. The molecule has 0 aromatic heterocycles. The van der Waals surface area contributed by atoms with Crippen LogP contribution in [0.3, 0.4) is 0 Å². The van der Waals surface area contributed by atoms with Crippen molar-refractivity contribution in [3.05, 3.63) is 108 Å². The molecule has 0 fully saturated rings. The summed E-state index contributed by atoms with van der Waals surface area (Å²) in [4.78, 5) is 0. The molecule has 0 amide bonds.